The van der Waals surface area contributed by atoms with Crippen LogP contribution in [0.3, 0.4) is 0 Å². The number of aliphatic carboxylic acids is 1. The van der Waals surface area contributed by atoms with E-state index in [1.807, 2.05) is 65.0 Å². The molecule has 9 amide bonds. The van der Waals surface area contributed by atoms with E-state index in [-0.39, 0.29) is 117 Å². The van der Waals surface area contributed by atoms with Crippen LogP contribution in [0.2, 0.25) is 0 Å². The van der Waals surface area contributed by atoms with E-state index in [2.05, 4.69) is 26.3 Å². The van der Waals surface area contributed by atoms with Gasteiger partial charge in [-0.15, -0.1) is 11.3 Å². The van der Waals surface area contributed by atoms with Crippen molar-refractivity contribution in [3.63, 3.8) is 0 Å². The third kappa shape index (κ3) is 25.3. The average Bonchev–Trinajstić information content (AvgIpc) is 1.29. The number of hydrogen-bond acceptors (Lipinski definition) is 16. The van der Waals surface area contributed by atoms with Crippen LogP contribution in [-0.4, -0.2) is 147 Å². The summed E-state index contributed by atoms with van der Waals surface area (Å²) in [5.74, 6) is -7.52. The molecule has 8 atom stereocenters. The Balaban J connectivity index is 1.44. The van der Waals surface area contributed by atoms with Gasteiger partial charge in [-0.1, -0.05) is 118 Å². The van der Waals surface area contributed by atoms with Crippen LogP contribution in [0.25, 0.3) is 0 Å². The van der Waals surface area contributed by atoms with Crippen LogP contribution in [0.4, 0.5) is 15.3 Å². The zero-order valence-electron chi connectivity index (χ0n) is 58.2. The summed E-state index contributed by atoms with van der Waals surface area (Å²) in [7, 11) is 1.48. The lowest BCUT2D eigenvalue weighted by atomic mass is 9.82. The summed E-state index contributed by atoms with van der Waals surface area (Å²) >= 11 is 1.13. The minimum absolute atomic E-state index is 0.0587. The number of Topliss-reactive ketones (excluding diaryl/α,β-unsaturated/α-hetero) is 2. The lowest BCUT2D eigenvalue weighted by molar-refractivity contribution is -0.150. The number of aromatic nitrogens is 1. The summed E-state index contributed by atoms with van der Waals surface area (Å²) in [4.78, 5) is 168. The highest BCUT2D eigenvalue weighted by Crippen LogP contribution is 2.34. The van der Waals surface area contributed by atoms with Gasteiger partial charge in [-0.3, -0.25) is 52.8 Å². The number of ketones is 2. The first-order valence-corrected chi connectivity index (χ1v) is 34.4. The SMILES string of the molecule is CCCN(C(=O)[C@@H](CC(=O)[C@@H](C(C)C)N(C)C(=O)OCc1ccc(NC(=O)[C@H](CCCNC(N)=O)CC(=O)[C@@H](NC(=O)CCCCCN2C(=O)C=CC2=O)C(C)C)cc1)[C@@H](C)CC)[C@H](C[C@@H](OC(C)=O)c1nc(C(=O)N[C@@H](Cc2ccccc2)CC(C)(C)C(=O)O)cs1)C(C)C. The molecule has 0 spiro atoms. The number of imide groups is 1. The minimum Gasteiger partial charge on any atom is -0.481 e. The van der Waals surface area contributed by atoms with Gasteiger partial charge in [-0.2, -0.15) is 0 Å². The van der Waals surface area contributed by atoms with Gasteiger partial charge in [-0.25, -0.2) is 14.6 Å². The van der Waals surface area contributed by atoms with Gasteiger partial charge in [0.15, 0.2) is 17.7 Å². The molecule has 0 unspecified atom stereocenters. The first-order chi connectivity index (χ1) is 45.3. The normalized spacial score (nSPS) is 14.8. The number of nitrogens with zero attached hydrogens (tertiary/aromatic N) is 4. The number of hydrogen-bond donors (Lipinski definition) is 6. The number of nitrogens with one attached hydrogen (secondary N) is 4. The van der Waals surface area contributed by atoms with Crippen LogP contribution < -0.4 is 27.0 Å². The summed E-state index contributed by atoms with van der Waals surface area (Å²) in [6, 6.07) is 12.2. The van der Waals surface area contributed by atoms with E-state index in [4.69, 9.17) is 15.2 Å². The van der Waals surface area contributed by atoms with Crippen molar-refractivity contribution in [3.8, 4) is 0 Å². The van der Waals surface area contributed by atoms with E-state index in [0.717, 1.165) is 21.8 Å². The number of urea groups is 1. The maximum absolute atomic E-state index is 15.2. The summed E-state index contributed by atoms with van der Waals surface area (Å²) in [5, 5.41) is 23.0. The Morgan fingerprint density at radius 2 is 1.45 bits per heavy atom. The Bertz CT molecular complexity index is 3150. The molecular weight excluding hydrogens is 1250 g/mol. The van der Waals surface area contributed by atoms with Crippen molar-refractivity contribution in [2.75, 3.05) is 32.0 Å². The lowest BCUT2D eigenvalue weighted by Gasteiger charge is -2.39. The number of primary amides is 1. The van der Waals surface area contributed by atoms with Gasteiger partial charge in [0.2, 0.25) is 17.7 Å². The van der Waals surface area contributed by atoms with E-state index in [9.17, 15) is 57.8 Å². The number of carboxylic acid groups (broad SMARTS) is 1. The molecule has 24 nitrogen and oxygen atoms in total. The molecule has 0 fully saturated rings. The highest BCUT2D eigenvalue weighted by molar-refractivity contribution is 7.09. The van der Waals surface area contributed by atoms with Crippen LogP contribution >= 0.6 is 11.3 Å². The topological polar surface area (TPSA) is 340 Å². The van der Waals surface area contributed by atoms with Gasteiger partial charge in [0.1, 0.15) is 17.3 Å². The van der Waals surface area contributed by atoms with Crippen molar-refractivity contribution in [1.29, 1.82) is 0 Å². The smallest absolute Gasteiger partial charge is 0.410 e. The van der Waals surface area contributed by atoms with E-state index in [1.165, 1.54) is 31.0 Å². The molecule has 2 aromatic carbocycles. The summed E-state index contributed by atoms with van der Waals surface area (Å²) in [6.07, 6.45) is 4.17. The second-order valence-corrected chi connectivity index (χ2v) is 27.7. The number of carboxylic acids is 1. The monoisotopic (exact) mass is 1350 g/mol. The fourth-order valence-corrected chi connectivity index (χ4v) is 12.7. The Morgan fingerprint density at radius 1 is 0.792 bits per heavy atom. The second-order valence-electron chi connectivity index (χ2n) is 26.8. The third-order valence-corrected chi connectivity index (χ3v) is 18.3. The molecule has 0 radical (unpaired) electrons. The third-order valence-electron chi connectivity index (χ3n) is 17.4. The number of unbranched alkanes of at least 4 members (excludes halogenated alkanes) is 2. The first kappa shape index (κ1) is 80.1. The van der Waals surface area contributed by atoms with Gasteiger partial charge in [0.25, 0.3) is 17.7 Å². The molecule has 25 heteroatoms. The molecule has 528 valence electrons. The van der Waals surface area contributed by atoms with E-state index >= 15 is 4.79 Å². The Morgan fingerprint density at radius 3 is 2.02 bits per heavy atom. The number of esters is 1. The number of thiazole rings is 1. The Hall–Kier alpha value is -8.35. The van der Waals surface area contributed by atoms with Crippen LogP contribution in [0.1, 0.15) is 193 Å². The van der Waals surface area contributed by atoms with Gasteiger partial charge < -0.3 is 51.4 Å². The molecule has 3 aromatic rings. The van der Waals surface area contributed by atoms with Crippen molar-refractivity contribution in [3.05, 3.63) is 94.0 Å². The fourth-order valence-electron chi connectivity index (χ4n) is 11.8. The maximum Gasteiger partial charge on any atom is 0.410 e. The minimum atomic E-state index is -1.16. The number of amides is 9. The lowest BCUT2D eigenvalue weighted by Crippen LogP contribution is -2.51. The van der Waals surface area contributed by atoms with Crippen molar-refractivity contribution in [2.45, 2.75) is 203 Å². The number of carbonyl (C=O) groups is 12. The van der Waals surface area contributed by atoms with Crippen LogP contribution in [-0.2, 0) is 65.7 Å². The number of anilines is 1. The number of ether oxygens (including phenoxy) is 2. The predicted octanol–water partition coefficient (Wildman–Crippen LogP) is 9.75. The van der Waals surface area contributed by atoms with Crippen molar-refractivity contribution >= 4 is 88.1 Å². The maximum atomic E-state index is 15.2. The van der Waals surface area contributed by atoms with Gasteiger partial charge in [-0.05, 0) is 106 Å². The Kier molecular flexibility index (Phi) is 32.5. The van der Waals surface area contributed by atoms with Crippen LogP contribution in [0, 0.1) is 40.9 Å². The molecule has 0 saturated heterocycles. The molecule has 7 N–H and O–H groups in total. The molecule has 1 aliphatic heterocycles. The summed E-state index contributed by atoms with van der Waals surface area (Å²) in [5.41, 5.74) is 6.00. The van der Waals surface area contributed by atoms with E-state index in [0.29, 0.717) is 67.7 Å². The van der Waals surface area contributed by atoms with Crippen molar-refractivity contribution < 1.29 is 72.1 Å². The zero-order chi connectivity index (χ0) is 71.6. The standard InChI is InChI=1S/C71H103N9O15S/c1-14-34-79(55(43(3)4)39-58(95-47(10)81)66-76-54(42-96-66)65(88)75-52(40-71(11,12)68(90)91)36-48-23-18-16-19-24-48)67(89)53(46(9)15-2)38-57(83)63(45(7)8)78(13)70(93)94-41-49-27-29-51(30-28-49)74-64(87)50(25-22-33-73-69(72)92)37-56(82)62(44(5)6)77-59(84)26-20-17-21-35-80-60(85)31-32-61(80)86/h16,18-19,23-24,27-32,42-46,50,52-53,55,58,62-63H,14-15,17,20-22,25-26,33-41H2,1-13H3,(H,74,87)(H,75,88)(H,77,84)(H,90,91)(H3,72,73,92)/t46-,50+,52-,53-,55+,58+,62-,63+/m0/s1. The van der Waals surface area contributed by atoms with Crippen LogP contribution in [0.15, 0.2) is 72.1 Å². The fraction of sp³-hybridized carbons (Fsp3) is 0.592. The molecule has 96 heavy (non-hydrogen) atoms. The molecular formula is C71H103N9O15S. The largest absolute Gasteiger partial charge is 0.481 e. The second kappa shape index (κ2) is 39.0. The molecule has 4 rings (SSSR count). The molecule has 0 aliphatic carbocycles. The van der Waals surface area contributed by atoms with Gasteiger partial charge in [0.05, 0.1) is 17.5 Å². The quantitative estimate of drug-likeness (QED) is 0.0174. The first-order valence-electron chi connectivity index (χ1n) is 33.5. The molecule has 1 aromatic heterocycles. The molecule has 1 aliphatic rings. The van der Waals surface area contributed by atoms with Gasteiger partial charge >= 0.3 is 24.1 Å². The van der Waals surface area contributed by atoms with Gasteiger partial charge in [0, 0.05) is 106 Å². The average molecular weight is 1350 g/mol. The van der Waals surface area contributed by atoms with Crippen molar-refractivity contribution in [2.24, 2.45) is 46.7 Å². The number of likely N-dealkylation sites (N-methyl/N-ethyl adjacent to an activating group) is 1. The van der Waals surface area contributed by atoms with Crippen molar-refractivity contribution in [1.82, 2.24) is 35.6 Å². The zero-order valence-corrected chi connectivity index (χ0v) is 59.1. The predicted molar refractivity (Wildman–Crippen MR) is 365 cm³/mol. The number of carbonyl (C=O) groups excluding carboxylic acids is 11. The Labute approximate surface area is 569 Å². The highest BCUT2D eigenvalue weighted by atomic mass is 32.1. The number of rotatable bonds is 42. The van der Waals surface area contributed by atoms with Crippen LogP contribution in [0.5, 0.6) is 0 Å². The van der Waals surface area contributed by atoms with E-state index < -0.39 is 89.3 Å². The molecule has 0 saturated carbocycles. The summed E-state index contributed by atoms with van der Waals surface area (Å²) in [6.45, 7) is 21.9. The molecule has 2 heterocycles. The molecule has 0 bridgehead atoms. The van der Waals surface area contributed by atoms with E-state index in [1.54, 1.807) is 76.1 Å². The number of nitrogens with two attached hydrogens (primary N) is 1. The number of benzene rings is 2. The summed E-state index contributed by atoms with van der Waals surface area (Å²) < 4.78 is 11.7. The highest BCUT2D eigenvalue weighted by Gasteiger charge is 2.41.